The number of nitrogens with zero attached hydrogens (tertiary/aromatic N) is 1. The predicted octanol–water partition coefficient (Wildman–Crippen LogP) is 2.54. The maximum Gasteiger partial charge on any atom is 0.353 e. The molecule has 0 aromatic heterocycles. The van der Waals surface area contributed by atoms with Gasteiger partial charge in [0.15, 0.2) is 0 Å². The zero-order chi connectivity index (χ0) is 15.9. The molecule has 0 bridgehead atoms. The quantitative estimate of drug-likeness (QED) is 0.387. The maximum absolute atomic E-state index is 13.7. The Morgan fingerprint density at radius 1 is 1.33 bits per heavy atom. The van der Waals surface area contributed by atoms with Crippen molar-refractivity contribution in [2.45, 2.75) is 50.6 Å². The van der Waals surface area contributed by atoms with Gasteiger partial charge in [-0.05, 0) is 37.7 Å². The molecule has 0 aliphatic heterocycles. The Morgan fingerprint density at radius 2 is 2.00 bits per heavy atom. The third-order valence-corrected chi connectivity index (χ3v) is 3.49. The van der Waals surface area contributed by atoms with Crippen LogP contribution < -0.4 is 0 Å². The van der Waals surface area contributed by atoms with Crippen molar-refractivity contribution in [3.63, 3.8) is 0 Å². The lowest BCUT2D eigenvalue weighted by molar-refractivity contribution is -0.167. The largest absolute Gasteiger partial charge is 0.478 e. The monoisotopic (exact) mass is 301 g/mol. The molecule has 0 saturated heterocycles. The first-order valence-corrected chi connectivity index (χ1v) is 6.87. The number of halogens is 1. The Hall–Kier alpha value is -1.92. The van der Waals surface area contributed by atoms with Gasteiger partial charge < -0.3 is 15.1 Å². The molecular formula is C14H20FNO5. The molecule has 0 fully saturated rings. The molecule has 1 aliphatic rings. The van der Waals surface area contributed by atoms with Crippen LogP contribution in [0, 0.1) is 0 Å². The predicted molar refractivity (Wildman–Crippen MR) is 74.0 cm³/mol. The number of alkyl halides is 1. The van der Waals surface area contributed by atoms with Gasteiger partial charge in [0.2, 0.25) is 0 Å². The Bertz CT molecular complexity index is 444. The average molecular weight is 301 g/mol. The minimum absolute atomic E-state index is 0.207. The molecule has 21 heavy (non-hydrogen) atoms. The number of hydrogen-bond acceptors (Lipinski definition) is 4. The Balaban J connectivity index is 2.33. The van der Waals surface area contributed by atoms with E-state index in [9.17, 15) is 14.0 Å². The molecule has 1 aliphatic carbocycles. The fraction of sp³-hybridized carbons (Fsp3) is 0.643. The van der Waals surface area contributed by atoms with Gasteiger partial charge >= 0.3 is 17.6 Å². The van der Waals surface area contributed by atoms with E-state index in [4.69, 9.17) is 15.1 Å². The summed E-state index contributed by atoms with van der Waals surface area (Å²) in [6.45, 7) is 0. The van der Waals surface area contributed by atoms with Gasteiger partial charge in [0, 0.05) is 6.42 Å². The van der Waals surface area contributed by atoms with Crippen molar-refractivity contribution in [1.29, 1.82) is 0 Å². The van der Waals surface area contributed by atoms with Crippen molar-refractivity contribution in [1.82, 2.24) is 0 Å². The highest BCUT2D eigenvalue weighted by Gasteiger charge is 2.46. The summed E-state index contributed by atoms with van der Waals surface area (Å²) in [5, 5.41) is 21.2. The van der Waals surface area contributed by atoms with E-state index in [0.29, 0.717) is 6.42 Å². The Kier molecular flexibility index (Phi) is 6.33. The van der Waals surface area contributed by atoms with Gasteiger partial charge in [-0.25, -0.2) is 14.0 Å². The number of oxime groups is 1. The molecule has 0 heterocycles. The van der Waals surface area contributed by atoms with Crippen molar-refractivity contribution in [3.05, 3.63) is 11.6 Å². The normalized spacial score (nSPS) is 16.9. The van der Waals surface area contributed by atoms with Crippen molar-refractivity contribution in [2.75, 3.05) is 7.11 Å². The molecular weight excluding hydrogens is 281 g/mol. The molecule has 0 aromatic rings. The van der Waals surface area contributed by atoms with Crippen LogP contribution >= 0.6 is 0 Å². The maximum atomic E-state index is 13.7. The zero-order valence-corrected chi connectivity index (χ0v) is 12.0. The van der Waals surface area contributed by atoms with Gasteiger partial charge in [-0.2, -0.15) is 0 Å². The number of rotatable bonds is 9. The lowest BCUT2D eigenvalue weighted by Crippen LogP contribution is -2.42. The molecule has 6 nitrogen and oxygen atoms in total. The second-order valence-electron chi connectivity index (χ2n) is 4.96. The van der Waals surface area contributed by atoms with Crippen LogP contribution in [-0.2, 0) is 14.4 Å². The molecule has 0 aromatic carbocycles. The molecule has 0 amide bonds. The van der Waals surface area contributed by atoms with E-state index in [2.05, 4.69) is 11.2 Å². The molecule has 0 atom stereocenters. The van der Waals surface area contributed by atoms with Crippen molar-refractivity contribution in [2.24, 2.45) is 5.16 Å². The smallest absolute Gasteiger partial charge is 0.353 e. The van der Waals surface area contributed by atoms with Crippen LogP contribution in [0.2, 0.25) is 0 Å². The van der Waals surface area contributed by atoms with Crippen LogP contribution in [0.25, 0.3) is 0 Å². The summed E-state index contributed by atoms with van der Waals surface area (Å²) in [6, 6.07) is 0. The van der Waals surface area contributed by atoms with E-state index in [1.54, 1.807) is 0 Å². The number of carboxylic acid groups (broad SMARTS) is 2. The number of allylic oxidation sites excluding steroid dienone is 2. The van der Waals surface area contributed by atoms with E-state index >= 15 is 0 Å². The van der Waals surface area contributed by atoms with Crippen LogP contribution in [0.15, 0.2) is 16.8 Å². The van der Waals surface area contributed by atoms with Crippen molar-refractivity contribution >= 4 is 17.7 Å². The minimum Gasteiger partial charge on any atom is -0.478 e. The van der Waals surface area contributed by atoms with Gasteiger partial charge in [0.25, 0.3) is 0 Å². The van der Waals surface area contributed by atoms with Gasteiger partial charge in [-0.1, -0.05) is 17.7 Å². The summed E-state index contributed by atoms with van der Waals surface area (Å²) in [5.41, 5.74) is -1.18. The lowest BCUT2D eigenvalue weighted by atomic mass is 9.97. The topological polar surface area (TPSA) is 96.2 Å². The molecule has 7 heteroatoms. The van der Waals surface area contributed by atoms with E-state index < -0.39 is 24.0 Å². The second kappa shape index (κ2) is 7.75. The standard InChI is InChI=1S/C14H20FNO5/c1-21-16-11-8-5-7-10(11)6-3-2-4-9-14(15,12(17)18)13(19)20/h7H,2-6,8-9H2,1H3,(H,17,18)(H,19,20). The molecule has 0 radical (unpaired) electrons. The summed E-state index contributed by atoms with van der Waals surface area (Å²) in [7, 11) is 1.49. The average Bonchev–Trinajstić information content (AvgIpc) is 2.85. The first-order chi connectivity index (χ1) is 9.91. The number of aliphatic carboxylic acids is 2. The summed E-state index contributed by atoms with van der Waals surface area (Å²) in [6.07, 6.45) is 5.56. The summed E-state index contributed by atoms with van der Waals surface area (Å²) < 4.78 is 13.7. The van der Waals surface area contributed by atoms with Crippen LogP contribution in [0.1, 0.15) is 44.9 Å². The van der Waals surface area contributed by atoms with E-state index in [1.807, 2.05) is 0 Å². The third-order valence-electron chi connectivity index (χ3n) is 3.49. The van der Waals surface area contributed by atoms with E-state index in [0.717, 1.165) is 37.0 Å². The fourth-order valence-electron chi connectivity index (χ4n) is 2.29. The summed E-state index contributed by atoms with van der Waals surface area (Å²) >= 11 is 0. The molecule has 0 spiro atoms. The second-order valence-corrected chi connectivity index (χ2v) is 4.96. The van der Waals surface area contributed by atoms with Crippen molar-refractivity contribution < 1.29 is 29.0 Å². The number of unbranched alkanes of at least 4 members (excludes halogenated alkanes) is 2. The minimum atomic E-state index is -3.19. The van der Waals surface area contributed by atoms with Crippen molar-refractivity contribution in [3.8, 4) is 0 Å². The van der Waals surface area contributed by atoms with Crippen LogP contribution in [0.5, 0.6) is 0 Å². The van der Waals surface area contributed by atoms with E-state index in [-0.39, 0.29) is 6.42 Å². The summed E-state index contributed by atoms with van der Waals surface area (Å²) in [4.78, 5) is 26.1. The third kappa shape index (κ3) is 4.54. The number of carbonyl (C=O) groups is 2. The first-order valence-electron chi connectivity index (χ1n) is 6.87. The van der Waals surface area contributed by atoms with Crippen LogP contribution in [0.3, 0.4) is 0 Å². The van der Waals surface area contributed by atoms with Crippen LogP contribution in [0.4, 0.5) is 4.39 Å². The van der Waals surface area contributed by atoms with Crippen LogP contribution in [-0.4, -0.2) is 40.6 Å². The van der Waals surface area contributed by atoms with Gasteiger partial charge in [-0.3, -0.25) is 0 Å². The molecule has 0 unspecified atom stereocenters. The molecule has 0 saturated carbocycles. The Morgan fingerprint density at radius 3 is 2.57 bits per heavy atom. The highest BCUT2D eigenvalue weighted by Crippen LogP contribution is 2.24. The summed E-state index contributed by atoms with van der Waals surface area (Å²) in [5.74, 6) is -3.88. The van der Waals surface area contributed by atoms with Gasteiger partial charge in [0.1, 0.15) is 7.11 Å². The van der Waals surface area contributed by atoms with E-state index in [1.165, 1.54) is 7.11 Å². The molecule has 1 rings (SSSR count). The highest BCUT2D eigenvalue weighted by molar-refractivity contribution is 6.02. The van der Waals surface area contributed by atoms with Gasteiger partial charge in [-0.15, -0.1) is 0 Å². The number of hydrogen-bond donors (Lipinski definition) is 2. The highest BCUT2D eigenvalue weighted by atomic mass is 19.1. The SMILES string of the molecule is CON=C1CCC=C1CCCCCC(F)(C(=O)O)C(=O)O. The molecule has 118 valence electrons. The number of carboxylic acids is 2. The van der Waals surface area contributed by atoms with Gasteiger partial charge in [0.05, 0.1) is 5.71 Å². The first kappa shape index (κ1) is 17.1. The fourth-order valence-corrected chi connectivity index (χ4v) is 2.29. The lowest BCUT2D eigenvalue weighted by Gasteiger charge is -2.15. The Labute approximate surface area is 122 Å². The zero-order valence-electron chi connectivity index (χ0n) is 12.0. The molecule has 2 N–H and O–H groups in total.